The zero-order valence-corrected chi connectivity index (χ0v) is 12.2. The Morgan fingerprint density at radius 3 is 2.57 bits per heavy atom. The van der Waals surface area contributed by atoms with Crippen LogP contribution in [0.1, 0.15) is 23.3 Å². The number of piperidine rings is 1. The Kier molecular flexibility index (Phi) is 4.36. The standard InChI is InChI=1S/C15H20N2O4/c1-19-14(18)13-3-2-12(10-16-13)17-6-4-11(5-7-17)15-20-8-9-21-15/h2-3,10-11,15H,4-9H2,1H3. The molecule has 6 heteroatoms. The minimum absolute atomic E-state index is 0.0213. The average Bonchev–Trinajstić information content (AvgIpc) is 3.09. The van der Waals surface area contributed by atoms with Gasteiger partial charge in [0.2, 0.25) is 0 Å². The molecule has 2 saturated heterocycles. The van der Waals surface area contributed by atoms with Crippen molar-refractivity contribution in [1.29, 1.82) is 0 Å². The first-order chi connectivity index (χ1) is 10.3. The number of ether oxygens (including phenoxy) is 3. The van der Waals surface area contributed by atoms with Crippen molar-refractivity contribution in [3.63, 3.8) is 0 Å². The van der Waals surface area contributed by atoms with Crippen LogP contribution in [0.3, 0.4) is 0 Å². The van der Waals surface area contributed by atoms with Crippen LogP contribution >= 0.6 is 0 Å². The van der Waals surface area contributed by atoms with E-state index in [9.17, 15) is 4.79 Å². The second kappa shape index (κ2) is 6.41. The van der Waals surface area contributed by atoms with Gasteiger partial charge in [-0.1, -0.05) is 0 Å². The van der Waals surface area contributed by atoms with E-state index in [1.807, 2.05) is 6.07 Å². The zero-order chi connectivity index (χ0) is 14.7. The molecule has 3 rings (SSSR count). The fraction of sp³-hybridized carbons (Fsp3) is 0.600. The number of methoxy groups -OCH3 is 1. The van der Waals surface area contributed by atoms with Gasteiger partial charge in [0.05, 0.1) is 32.2 Å². The third kappa shape index (κ3) is 3.16. The van der Waals surface area contributed by atoms with Gasteiger partial charge in [0.1, 0.15) is 5.69 Å². The van der Waals surface area contributed by atoms with Crippen LogP contribution in [0.25, 0.3) is 0 Å². The predicted molar refractivity (Wildman–Crippen MR) is 76.2 cm³/mol. The number of rotatable bonds is 3. The van der Waals surface area contributed by atoms with Crippen molar-refractivity contribution in [3.05, 3.63) is 24.0 Å². The maximum absolute atomic E-state index is 11.4. The van der Waals surface area contributed by atoms with E-state index in [-0.39, 0.29) is 6.29 Å². The van der Waals surface area contributed by atoms with E-state index in [1.54, 1.807) is 12.3 Å². The molecule has 1 aromatic heterocycles. The molecule has 0 saturated carbocycles. The van der Waals surface area contributed by atoms with Crippen molar-refractivity contribution >= 4 is 11.7 Å². The molecule has 2 aliphatic rings. The summed E-state index contributed by atoms with van der Waals surface area (Å²) in [5.41, 5.74) is 1.37. The van der Waals surface area contributed by atoms with Crippen LogP contribution < -0.4 is 4.90 Å². The van der Waals surface area contributed by atoms with Crippen molar-refractivity contribution < 1.29 is 19.0 Å². The second-order valence-electron chi connectivity index (χ2n) is 5.33. The first-order valence-electron chi connectivity index (χ1n) is 7.30. The largest absolute Gasteiger partial charge is 0.464 e. The third-order valence-electron chi connectivity index (χ3n) is 4.08. The molecule has 0 N–H and O–H groups in total. The molecule has 3 heterocycles. The molecule has 2 aliphatic heterocycles. The second-order valence-corrected chi connectivity index (χ2v) is 5.33. The lowest BCUT2D eigenvalue weighted by atomic mass is 9.96. The van der Waals surface area contributed by atoms with Gasteiger partial charge in [-0.25, -0.2) is 9.78 Å². The lowest BCUT2D eigenvalue weighted by molar-refractivity contribution is -0.0889. The number of carbonyl (C=O) groups excluding carboxylic acids is 1. The summed E-state index contributed by atoms with van der Waals surface area (Å²) in [6.07, 6.45) is 3.80. The van der Waals surface area contributed by atoms with Gasteiger partial charge in [-0.15, -0.1) is 0 Å². The van der Waals surface area contributed by atoms with Crippen molar-refractivity contribution in [2.24, 2.45) is 5.92 Å². The average molecular weight is 292 g/mol. The Morgan fingerprint density at radius 2 is 2.00 bits per heavy atom. The van der Waals surface area contributed by atoms with Gasteiger partial charge in [0.15, 0.2) is 6.29 Å². The number of pyridine rings is 1. The highest BCUT2D eigenvalue weighted by molar-refractivity contribution is 5.87. The number of nitrogens with zero attached hydrogens (tertiary/aromatic N) is 2. The maximum atomic E-state index is 11.4. The van der Waals surface area contributed by atoms with E-state index in [2.05, 4.69) is 14.6 Å². The Balaban J connectivity index is 1.57. The monoisotopic (exact) mass is 292 g/mol. The van der Waals surface area contributed by atoms with Gasteiger partial charge in [-0.2, -0.15) is 0 Å². The van der Waals surface area contributed by atoms with Gasteiger partial charge in [-0.05, 0) is 25.0 Å². The van der Waals surface area contributed by atoms with Gasteiger partial charge in [0, 0.05) is 19.0 Å². The molecule has 21 heavy (non-hydrogen) atoms. The number of hydrogen-bond donors (Lipinski definition) is 0. The smallest absolute Gasteiger partial charge is 0.356 e. The van der Waals surface area contributed by atoms with Crippen LogP contribution in [0.5, 0.6) is 0 Å². The van der Waals surface area contributed by atoms with Crippen LogP contribution in [0.4, 0.5) is 5.69 Å². The van der Waals surface area contributed by atoms with Crippen molar-refractivity contribution in [2.75, 3.05) is 38.3 Å². The van der Waals surface area contributed by atoms with E-state index < -0.39 is 5.97 Å². The fourth-order valence-electron chi connectivity index (χ4n) is 2.88. The van der Waals surface area contributed by atoms with Crippen molar-refractivity contribution in [3.8, 4) is 0 Å². The van der Waals surface area contributed by atoms with Gasteiger partial charge in [-0.3, -0.25) is 0 Å². The molecule has 0 radical (unpaired) electrons. The number of aromatic nitrogens is 1. The molecule has 0 bridgehead atoms. The van der Waals surface area contributed by atoms with Crippen LogP contribution in [0.2, 0.25) is 0 Å². The SMILES string of the molecule is COC(=O)c1ccc(N2CCC(C3OCCO3)CC2)cn1. The van der Waals surface area contributed by atoms with Crippen molar-refractivity contribution in [1.82, 2.24) is 4.98 Å². The summed E-state index contributed by atoms with van der Waals surface area (Å²) in [4.78, 5) is 17.8. The molecule has 0 spiro atoms. The van der Waals surface area contributed by atoms with Crippen LogP contribution in [-0.2, 0) is 14.2 Å². The highest BCUT2D eigenvalue weighted by Gasteiger charge is 2.30. The van der Waals surface area contributed by atoms with Gasteiger partial charge in [0.25, 0.3) is 0 Å². The normalized spacial score (nSPS) is 20.7. The summed E-state index contributed by atoms with van der Waals surface area (Å²) in [5, 5.41) is 0. The number of hydrogen-bond acceptors (Lipinski definition) is 6. The van der Waals surface area contributed by atoms with E-state index in [0.29, 0.717) is 24.8 Å². The van der Waals surface area contributed by atoms with E-state index in [4.69, 9.17) is 9.47 Å². The molecular weight excluding hydrogens is 272 g/mol. The molecule has 0 unspecified atom stereocenters. The summed E-state index contributed by atoms with van der Waals surface area (Å²) >= 11 is 0. The van der Waals surface area contributed by atoms with Crippen LogP contribution in [0, 0.1) is 5.92 Å². The Bertz CT molecular complexity index is 477. The molecule has 0 amide bonds. The number of carbonyl (C=O) groups is 1. The summed E-state index contributed by atoms with van der Waals surface area (Å²) in [5.74, 6) is 0.0711. The van der Waals surface area contributed by atoms with E-state index >= 15 is 0 Å². The van der Waals surface area contributed by atoms with Gasteiger partial charge < -0.3 is 19.1 Å². The summed E-state index contributed by atoms with van der Waals surface area (Å²) < 4.78 is 15.8. The predicted octanol–water partition coefficient (Wildman–Crippen LogP) is 1.46. The molecule has 1 aromatic rings. The number of anilines is 1. The highest BCUT2D eigenvalue weighted by Crippen LogP contribution is 2.28. The molecule has 114 valence electrons. The van der Waals surface area contributed by atoms with Crippen LogP contribution in [0.15, 0.2) is 18.3 Å². The first-order valence-corrected chi connectivity index (χ1v) is 7.30. The van der Waals surface area contributed by atoms with Crippen LogP contribution in [-0.4, -0.2) is 50.7 Å². The Morgan fingerprint density at radius 1 is 1.29 bits per heavy atom. The zero-order valence-electron chi connectivity index (χ0n) is 12.2. The van der Waals surface area contributed by atoms with Gasteiger partial charge >= 0.3 is 5.97 Å². The van der Waals surface area contributed by atoms with Crippen molar-refractivity contribution in [2.45, 2.75) is 19.1 Å². The molecule has 6 nitrogen and oxygen atoms in total. The minimum Gasteiger partial charge on any atom is -0.464 e. The summed E-state index contributed by atoms with van der Waals surface area (Å²) in [7, 11) is 1.36. The van der Waals surface area contributed by atoms with E-state index in [0.717, 1.165) is 31.6 Å². The topological polar surface area (TPSA) is 60.9 Å². The molecule has 0 aliphatic carbocycles. The lowest BCUT2D eigenvalue weighted by Gasteiger charge is -2.35. The third-order valence-corrected chi connectivity index (χ3v) is 4.08. The summed E-state index contributed by atoms with van der Waals surface area (Å²) in [6, 6.07) is 3.62. The highest BCUT2D eigenvalue weighted by atomic mass is 16.7. The minimum atomic E-state index is -0.407. The maximum Gasteiger partial charge on any atom is 0.356 e. The lowest BCUT2D eigenvalue weighted by Crippen LogP contribution is -2.38. The number of esters is 1. The Labute approximate surface area is 124 Å². The fourth-order valence-corrected chi connectivity index (χ4v) is 2.88. The molecule has 2 fully saturated rings. The molecule has 0 atom stereocenters. The quantitative estimate of drug-likeness (QED) is 0.786. The molecular formula is C15H20N2O4. The Hall–Kier alpha value is -1.66. The summed E-state index contributed by atoms with van der Waals surface area (Å²) in [6.45, 7) is 3.33. The molecule has 0 aromatic carbocycles. The first kappa shape index (κ1) is 14.3. The van der Waals surface area contributed by atoms with E-state index in [1.165, 1.54) is 7.11 Å².